The number of carbonyl (C=O) groups excluding carboxylic acids is 4. The molecule has 0 amide bonds. The number of unbranched alkanes of at least 4 members (excludes halogenated alkanes) is 35. The van der Waals surface area contributed by atoms with Gasteiger partial charge in [-0.25, -0.2) is 9.13 Å². The highest BCUT2D eigenvalue weighted by Crippen LogP contribution is 2.45. The number of hydrogen-bond acceptors (Lipinski definition) is 15. The zero-order chi connectivity index (χ0) is 65.9. The van der Waals surface area contributed by atoms with Gasteiger partial charge < -0.3 is 33.8 Å². The minimum Gasteiger partial charge on any atom is -0.462 e. The van der Waals surface area contributed by atoms with Crippen molar-refractivity contribution in [2.24, 2.45) is 17.8 Å². The predicted octanol–water partition coefficient (Wildman–Crippen LogP) is 19.8. The number of ether oxygens (including phenoxy) is 4. The molecule has 0 saturated carbocycles. The van der Waals surface area contributed by atoms with Gasteiger partial charge in [-0.3, -0.25) is 37.3 Å². The summed E-state index contributed by atoms with van der Waals surface area (Å²) in [5.74, 6) is 0.108. The Hall–Kier alpha value is -1.94. The van der Waals surface area contributed by atoms with Crippen molar-refractivity contribution >= 4 is 39.5 Å². The second kappa shape index (κ2) is 61.0. The Morgan fingerprint density at radius 2 is 0.573 bits per heavy atom. The summed E-state index contributed by atoms with van der Waals surface area (Å²) in [6.45, 7) is 11.8. The lowest BCUT2D eigenvalue weighted by Crippen LogP contribution is -2.30. The number of aliphatic hydroxyl groups is 1. The summed E-state index contributed by atoms with van der Waals surface area (Å²) in [6, 6.07) is 0. The van der Waals surface area contributed by atoms with Crippen molar-refractivity contribution < 1.29 is 80.2 Å². The Balaban J connectivity index is 5.25. The van der Waals surface area contributed by atoms with Crippen LogP contribution in [0.15, 0.2) is 0 Å². The Bertz CT molecular complexity index is 1750. The van der Waals surface area contributed by atoms with Crippen LogP contribution in [0.2, 0.25) is 0 Å². The van der Waals surface area contributed by atoms with Crippen molar-refractivity contribution in [1.29, 1.82) is 0 Å². The molecule has 0 fully saturated rings. The summed E-state index contributed by atoms with van der Waals surface area (Å²) in [5.41, 5.74) is 0. The SMILES string of the molecule is CCCCCCCCCCCCCCC(=O)OC[C@H](COP(=O)(O)OC[C@@H](O)COP(=O)(O)OC[C@@H](COC(=O)CCCCCCCCC(C)CC)OC(=O)CCCCCCCCCCC(C)C)OC(=O)CCCCCCCCCCCCCCCC(C)C. The van der Waals surface area contributed by atoms with Crippen molar-refractivity contribution in [2.45, 2.75) is 369 Å². The number of phosphoric acid groups is 2. The highest BCUT2D eigenvalue weighted by Gasteiger charge is 2.30. The molecule has 0 aliphatic carbocycles. The van der Waals surface area contributed by atoms with E-state index in [1.807, 2.05) is 0 Å². The van der Waals surface area contributed by atoms with Crippen molar-refractivity contribution in [1.82, 2.24) is 0 Å². The lowest BCUT2D eigenvalue weighted by molar-refractivity contribution is -0.161. The van der Waals surface area contributed by atoms with Gasteiger partial charge in [0, 0.05) is 25.7 Å². The number of aliphatic hydroxyl groups excluding tert-OH is 1. The van der Waals surface area contributed by atoms with E-state index in [2.05, 4.69) is 48.5 Å². The molecule has 89 heavy (non-hydrogen) atoms. The standard InChI is InChI=1S/C70H136O17P2/c1-8-10-11-12-13-14-15-20-23-29-37-44-51-67(72)80-57-65(86-69(74)53-46-39-30-24-21-18-16-17-19-22-27-34-41-48-61(3)4)59-84-88(76,77)82-55-64(71)56-83-89(78,79)85-60-66(58-81-68(73)52-45-38-33-32-36-43-50-63(7)9-2)87-70(75)54-47-40-31-26-25-28-35-42-49-62(5)6/h61-66,71H,8-60H2,1-7H3,(H,76,77)(H,78,79)/t63?,64-,65-,66-/m1/s1. The zero-order valence-corrected chi connectivity index (χ0v) is 59.7. The van der Waals surface area contributed by atoms with Crippen LogP contribution in [0, 0.1) is 17.8 Å². The van der Waals surface area contributed by atoms with Gasteiger partial charge in [-0.1, -0.05) is 299 Å². The quantitative estimate of drug-likeness (QED) is 0.0222. The molecular formula is C70H136O17P2. The Kier molecular flexibility index (Phi) is 59.6. The third kappa shape index (κ3) is 63.2. The van der Waals surface area contributed by atoms with Crippen molar-refractivity contribution in [3.05, 3.63) is 0 Å². The molecule has 3 N–H and O–H groups in total. The fourth-order valence-corrected chi connectivity index (χ4v) is 12.1. The Labute approximate surface area is 543 Å². The van der Waals surface area contributed by atoms with E-state index >= 15 is 0 Å². The highest BCUT2D eigenvalue weighted by atomic mass is 31.2. The number of rotatable bonds is 68. The molecule has 0 aromatic heterocycles. The maximum atomic E-state index is 13.0. The molecule has 528 valence electrons. The first-order chi connectivity index (χ1) is 42.8. The minimum absolute atomic E-state index is 0.103. The van der Waals surface area contributed by atoms with Crippen LogP contribution in [-0.2, 0) is 65.4 Å². The normalized spacial score (nSPS) is 14.5. The molecular weight excluding hydrogens is 1170 g/mol. The largest absolute Gasteiger partial charge is 0.472 e. The predicted molar refractivity (Wildman–Crippen MR) is 358 cm³/mol. The fraction of sp³-hybridized carbons (Fsp3) is 0.943. The topological polar surface area (TPSA) is 237 Å². The molecule has 19 heteroatoms. The van der Waals surface area contributed by atoms with Gasteiger partial charge in [0.25, 0.3) is 0 Å². The molecule has 3 unspecified atom stereocenters. The van der Waals surface area contributed by atoms with Gasteiger partial charge in [0.1, 0.15) is 19.3 Å². The molecule has 0 aromatic carbocycles. The van der Waals surface area contributed by atoms with E-state index in [4.69, 9.17) is 37.0 Å². The second-order valence-corrected chi connectivity index (χ2v) is 29.4. The van der Waals surface area contributed by atoms with E-state index in [9.17, 15) is 43.2 Å². The average molecular weight is 1310 g/mol. The van der Waals surface area contributed by atoms with E-state index in [1.165, 1.54) is 154 Å². The lowest BCUT2D eigenvalue weighted by Gasteiger charge is -2.21. The average Bonchev–Trinajstić information content (AvgIpc) is 3.70. The Morgan fingerprint density at radius 1 is 0.326 bits per heavy atom. The van der Waals surface area contributed by atoms with Crippen LogP contribution >= 0.6 is 15.6 Å². The van der Waals surface area contributed by atoms with Gasteiger partial charge >= 0.3 is 39.5 Å². The maximum Gasteiger partial charge on any atom is 0.472 e. The van der Waals surface area contributed by atoms with Gasteiger partial charge in [0.2, 0.25) is 0 Å². The third-order valence-corrected chi connectivity index (χ3v) is 18.4. The van der Waals surface area contributed by atoms with Gasteiger partial charge in [-0.15, -0.1) is 0 Å². The first kappa shape index (κ1) is 87.1. The van der Waals surface area contributed by atoms with Crippen LogP contribution in [0.5, 0.6) is 0 Å². The highest BCUT2D eigenvalue weighted by molar-refractivity contribution is 7.47. The van der Waals surface area contributed by atoms with Crippen LogP contribution in [0.3, 0.4) is 0 Å². The molecule has 0 aliphatic rings. The maximum absolute atomic E-state index is 13.0. The zero-order valence-electron chi connectivity index (χ0n) is 57.9. The Morgan fingerprint density at radius 3 is 0.854 bits per heavy atom. The van der Waals surface area contributed by atoms with E-state index < -0.39 is 97.5 Å². The lowest BCUT2D eigenvalue weighted by atomic mass is 10.00. The molecule has 17 nitrogen and oxygen atoms in total. The summed E-state index contributed by atoms with van der Waals surface area (Å²) >= 11 is 0. The van der Waals surface area contributed by atoms with Gasteiger partial charge in [0.15, 0.2) is 12.2 Å². The van der Waals surface area contributed by atoms with Crippen LogP contribution < -0.4 is 0 Å². The van der Waals surface area contributed by atoms with Gasteiger partial charge in [-0.05, 0) is 43.4 Å². The monoisotopic (exact) mass is 1310 g/mol. The van der Waals surface area contributed by atoms with Crippen molar-refractivity contribution in [3.8, 4) is 0 Å². The molecule has 0 saturated heterocycles. The summed E-state index contributed by atoms with van der Waals surface area (Å²) < 4.78 is 68.3. The van der Waals surface area contributed by atoms with Crippen LogP contribution in [0.4, 0.5) is 0 Å². The molecule has 0 rings (SSSR count). The number of esters is 4. The summed E-state index contributed by atoms with van der Waals surface area (Å²) in [7, 11) is -9.90. The first-order valence-corrected chi connectivity index (χ1v) is 39.4. The summed E-state index contributed by atoms with van der Waals surface area (Å²) in [6.07, 6.45) is 44.4. The van der Waals surface area contributed by atoms with E-state index in [1.54, 1.807) is 0 Å². The summed E-state index contributed by atoms with van der Waals surface area (Å²) in [4.78, 5) is 72.5. The number of carbonyl (C=O) groups is 4. The van der Waals surface area contributed by atoms with Crippen molar-refractivity contribution in [2.75, 3.05) is 39.6 Å². The van der Waals surface area contributed by atoms with E-state index in [-0.39, 0.29) is 25.7 Å². The molecule has 0 spiro atoms. The molecule has 0 aliphatic heterocycles. The van der Waals surface area contributed by atoms with Gasteiger partial charge in [-0.2, -0.15) is 0 Å². The smallest absolute Gasteiger partial charge is 0.462 e. The third-order valence-electron chi connectivity index (χ3n) is 16.5. The minimum atomic E-state index is -4.95. The first-order valence-electron chi connectivity index (χ1n) is 36.4. The van der Waals surface area contributed by atoms with Crippen LogP contribution in [0.1, 0.15) is 350 Å². The van der Waals surface area contributed by atoms with Crippen molar-refractivity contribution in [3.63, 3.8) is 0 Å². The van der Waals surface area contributed by atoms with E-state index in [0.29, 0.717) is 25.7 Å². The molecule has 0 heterocycles. The molecule has 0 radical (unpaired) electrons. The van der Waals surface area contributed by atoms with E-state index in [0.717, 1.165) is 114 Å². The second-order valence-electron chi connectivity index (χ2n) is 26.5. The molecule has 6 atom stereocenters. The van der Waals surface area contributed by atoms with Crippen LogP contribution in [0.25, 0.3) is 0 Å². The molecule has 0 aromatic rings. The van der Waals surface area contributed by atoms with Crippen LogP contribution in [-0.4, -0.2) is 96.7 Å². The number of hydrogen-bond donors (Lipinski definition) is 3. The molecule has 0 bridgehead atoms. The number of phosphoric ester groups is 2. The summed E-state index contributed by atoms with van der Waals surface area (Å²) in [5, 5.41) is 10.6. The van der Waals surface area contributed by atoms with Gasteiger partial charge in [0.05, 0.1) is 26.4 Å². The fourth-order valence-electron chi connectivity index (χ4n) is 10.5.